The number of ether oxygens (including phenoxy) is 1. The Kier molecular flexibility index (Phi) is 5.26. The van der Waals surface area contributed by atoms with Gasteiger partial charge in [0, 0.05) is 9.58 Å². The molecule has 0 spiro atoms. The second-order valence-corrected chi connectivity index (χ2v) is 8.28. The van der Waals surface area contributed by atoms with E-state index in [1.54, 1.807) is 6.92 Å². The Morgan fingerprint density at radius 2 is 1.79 bits per heavy atom. The molecule has 4 rings (SSSR count). The number of fused-ring (bicyclic) bond motifs is 2. The molecule has 1 unspecified atom stereocenters. The number of benzene rings is 3. The van der Waals surface area contributed by atoms with Crippen molar-refractivity contribution in [3.05, 3.63) is 77.2 Å². The lowest BCUT2D eigenvalue weighted by Gasteiger charge is -2.23. The van der Waals surface area contributed by atoms with Crippen molar-refractivity contribution >= 4 is 38.1 Å². The molecule has 0 saturated carbocycles. The second-order valence-electron chi connectivity index (χ2n) is 7.20. The topological polar surface area (TPSA) is 58.6 Å². The SMILES string of the molecule is CCOc1ccc2ccccc2c1C(=O)NCC(C)(O)c1cc2ccccc2s1. The summed E-state index contributed by atoms with van der Waals surface area (Å²) in [5.41, 5.74) is -0.674. The van der Waals surface area contributed by atoms with Gasteiger partial charge in [-0.15, -0.1) is 11.3 Å². The summed E-state index contributed by atoms with van der Waals surface area (Å²) < 4.78 is 6.81. The van der Waals surface area contributed by atoms with Gasteiger partial charge in [0.25, 0.3) is 5.91 Å². The number of thiophene rings is 1. The highest BCUT2D eigenvalue weighted by atomic mass is 32.1. The van der Waals surface area contributed by atoms with Crippen molar-refractivity contribution in [3.63, 3.8) is 0 Å². The Morgan fingerprint density at radius 1 is 1.07 bits per heavy atom. The predicted molar refractivity (Wildman–Crippen MR) is 119 cm³/mol. The molecule has 2 N–H and O–H groups in total. The normalized spacial score (nSPS) is 13.3. The van der Waals surface area contributed by atoms with E-state index in [2.05, 4.69) is 5.32 Å². The first-order valence-electron chi connectivity index (χ1n) is 9.64. The minimum Gasteiger partial charge on any atom is -0.493 e. The van der Waals surface area contributed by atoms with Crippen LogP contribution in [-0.4, -0.2) is 24.2 Å². The third kappa shape index (κ3) is 3.84. The van der Waals surface area contributed by atoms with Crippen LogP contribution in [0, 0.1) is 0 Å². The summed E-state index contributed by atoms with van der Waals surface area (Å²) in [4.78, 5) is 13.9. The van der Waals surface area contributed by atoms with E-state index in [-0.39, 0.29) is 12.5 Å². The molecule has 1 aromatic heterocycles. The molecular weight excluding hydrogens is 382 g/mol. The molecule has 4 aromatic rings. The van der Waals surface area contributed by atoms with Gasteiger partial charge in [-0.25, -0.2) is 0 Å². The fraction of sp³-hybridized carbons (Fsp3) is 0.208. The second kappa shape index (κ2) is 7.85. The summed E-state index contributed by atoms with van der Waals surface area (Å²) in [6.45, 7) is 4.19. The van der Waals surface area contributed by atoms with Crippen molar-refractivity contribution in [1.82, 2.24) is 5.32 Å². The van der Waals surface area contributed by atoms with E-state index in [4.69, 9.17) is 4.74 Å². The van der Waals surface area contributed by atoms with Crippen LogP contribution in [0.3, 0.4) is 0 Å². The average molecular weight is 406 g/mol. The van der Waals surface area contributed by atoms with Gasteiger partial charge in [0.1, 0.15) is 11.4 Å². The van der Waals surface area contributed by atoms with E-state index >= 15 is 0 Å². The Hall–Kier alpha value is -2.89. The van der Waals surface area contributed by atoms with Gasteiger partial charge in [0.15, 0.2) is 0 Å². The number of carbonyl (C=O) groups is 1. The fourth-order valence-corrected chi connectivity index (χ4v) is 4.54. The third-order valence-electron chi connectivity index (χ3n) is 4.97. The van der Waals surface area contributed by atoms with Crippen molar-refractivity contribution < 1.29 is 14.6 Å². The van der Waals surface area contributed by atoms with Crippen LogP contribution in [0.1, 0.15) is 29.1 Å². The van der Waals surface area contributed by atoms with Crippen molar-refractivity contribution in [2.75, 3.05) is 13.2 Å². The van der Waals surface area contributed by atoms with Gasteiger partial charge in [0.2, 0.25) is 0 Å². The molecule has 4 nitrogen and oxygen atoms in total. The summed E-state index contributed by atoms with van der Waals surface area (Å²) in [5.74, 6) is 0.289. The summed E-state index contributed by atoms with van der Waals surface area (Å²) in [6, 6.07) is 21.5. The zero-order valence-electron chi connectivity index (χ0n) is 16.4. The molecule has 1 amide bonds. The third-order valence-corrected chi connectivity index (χ3v) is 6.34. The van der Waals surface area contributed by atoms with Gasteiger partial charge in [-0.05, 0) is 48.2 Å². The number of hydrogen-bond donors (Lipinski definition) is 2. The lowest BCUT2D eigenvalue weighted by Crippen LogP contribution is -2.38. The van der Waals surface area contributed by atoms with E-state index in [1.807, 2.05) is 73.7 Å². The van der Waals surface area contributed by atoms with Crippen molar-refractivity contribution in [2.24, 2.45) is 0 Å². The zero-order chi connectivity index (χ0) is 20.4. The summed E-state index contributed by atoms with van der Waals surface area (Å²) >= 11 is 1.54. The maximum atomic E-state index is 13.1. The van der Waals surface area contributed by atoms with E-state index in [1.165, 1.54) is 11.3 Å². The largest absolute Gasteiger partial charge is 0.493 e. The van der Waals surface area contributed by atoms with Gasteiger partial charge >= 0.3 is 0 Å². The minimum absolute atomic E-state index is 0.105. The van der Waals surface area contributed by atoms with E-state index in [9.17, 15) is 9.90 Å². The highest BCUT2D eigenvalue weighted by Crippen LogP contribution is 2.33. The Morgan fingerprint density at radius 3 is 2.55 bits per heavy atom. The van der Waals surface area contributed by atoms with E-state index in [0.29, 0.717) is 17.9 Å². The standard InChI is InChI=1S/C24H23NO3S/c1-3-28-19-13-12-16-8-4-6-10-18(16)22(19)23(26)25-15-24(2,27)21-14-17-9-5-7-11-20(17)29-21/h4-14,27H,3,15H2,1-2H3,(H,25,26). The fourth-order valence-electron chi connectivity index (χ4n) is 3.44. The Labute approximate surface area is 173 Å². The number of aliphatic hydroxyl groups is 1. The molecular formula is C24H23NO3S. The number of amides is 1. The van der Waals surface area contributed by atoms with Gasteiger partial charge < -0.3 is 15.2 Å². The van der Waals surface area contributed by atoms with Crippen molar-refractivity contribution in [1.29, 1.82) is 0 Å². The molecule has 0 radical (unpaired) electrons. The van der Waals surface area contributed by atoms with Crippen molar-refractivity contribution in [2.45, 2.75) is 19.4 Å². The Balaban J connectivity index is 1.61. The molecule has 0 bridgehead atoms. The number of carbonyl (C=O) groups excluding carboxylic acids is 1. The maximum Gasteiger partial charge on any atom is 0.255 e. The van der Waals surface area contributed by atoms with Crippen LogP contribution in [-0.2, 0) is 5.60 Å². The van der Waals surface area contributed by atoms with Crippen LogP contribution in [0.4, 0.5) is 0 Å². The van der Waals surface area contributed by atoms with E-state index in [0.717, 1.165) is 25.7 Å². The summed E-state index contributed by atoms with van der Waals surface area (Å²) in [5, 5.41) is 16.8. The molecule has 5 heteroatoms. The first-order chi connectivity index (χ1) is 14.0. The maximum absolute atomic E-state index is 13.1. The predicted octanol–water partition coefficient (Wildman–Crippen LogP) is 5.09. The molecule has 1 atom stereocenters. The lowest BCUT2D eigenvalue weighted by atomic mass is 10.0. The monoisotopic (exact) mass is 405 g/mol. The van der Waals surface area contributed by atoms with Crippen LogP contribution < -0.4 is 10.1 Å². The van der Waals surface area contributed by atoms with Crippen LogP contribution in [0.2, 0.25) is 0 Å². The number of nitrogens with one attached hydrogen (secondary N) is 1. The first-order valence-corrected chi connectivity index (χ1v) is 10.5. The van der Waals surface area contributed by atoms with Crippen LogP contribution in [0.25, 0.3) is 20.9 Å². The summed E-state index contributed by atoms with van der Waals surface area (Å²) in [6.07, 6.45) is 0. The molecule has 3 aromatic carbocycles. The molecule has 0 aliphatic heterocycles. The van der Waals surface area contributed by atoms with Gasteiger partial charge in [-0.3, -0.25) is 4.79 Å². The van der Waals surface area contributed by atoms with Crippen LogP contribution >= 0.6 is 11.3 Å². The molecule has 1 heterocycles. The van der Waals surface area contributed by atoms with Crippen LogP contribution in [0.15, 0.2) is 66.7 Å². The van der Waals surface area contributed by atoms with Gasteiger partial charge in [-0.1, -0.05) is 48.5 Å². The minimum atomic E-state index is -1.17. The molecule has 0 fully saturated rings. The van der Waals surface area contributed by atoms with Gasteiger partial charge in [0.05, 0.1) is 18.7 Å². The summed E-state index contributed by atoms with van der Waals surface area (Å²) in [7, 11) is 0. The molecule has 0 aliphatic carbocycles. The van der Waals surface area contributed by atoms with Crippen LogP contribution in [0.5, 0.6) is 5.75 Å². The smallest absolute Gasteiger partial charge is 0.255 e. The highest BCUT2D eigenvalue weighted by molar-refractivity contribution is 7.19. The highest BCUT2D eigenvalue weighted by Gasteiger charge is 2.27. The van der Waals surface area contributed by atoms with Gasteiger partial charge in [-0.2, -0.15) is 0 Å². The average Bonchev–Trinajstić information content (AvgIpc) is 3.17. The Bertz CT molecular complexity index is 1150. The lowest BCUT2D eigenvalue weighted by molar-refractivity contribution is 0.0557. The molecule has 0 saturated heterocycles. The molecule has 148 valence electrons. The zero-order valence-corrected chi connectivity index (χ0v) is 17.3. The number of rotatable bonds is 6. The quantitative estimate of drug-likeness (QED) is 0.470. The molecule has 0 aliphatic rings. The van der Waals surface area contributed by atoms with Crippen molar-refractivity contribution in [3.8, 4) is 5.75 Å². The molecule has 29 heavy (non-hydrogen) atoms. The first kappa shape index (κ1) is 19.4. The number of hydrogen-bond acceptors (Lipinski definition) is 4. The van der Waals surface area contributed by atoms with E-state index < -0.39 is 5.60 Å².